The van der Waals surface area contributed by atoms with E-state index in [0.29, 0.717) is 0 Å². The summed E-state index contributed by atoms with van der Waals surface area (Å²) in [6, 6.07) is 50.6. The van der Waals surface area contributed by atoms with Crippen LogP contribution in [0.25, 0.3) is 33.6 Å². The molecule has 6 rings (SSSR count). The van der Waals surface area contributed by atoms with Crippen molar-refractivity contribution in [2.45, 2.75) is 45.8 Å². The van der Waals surface area contributed by atoms with E-state index in [1.54, 1.807) is 7.11 Å². The van der Waals surface area contributed by atoms with Gasteiger partial charge in [-0.15, -0.1) is 65.2 Å². The summed E-state index contributed by atoms with van der Waals surface area (Å²) in [5.41, 5.74) is 6.68. The van der Waals surface area contributed by atoms with Gasteiger partial charge in [-0.05, 0) is 27.9 Å². The summed E-state index contributed by atoms with van der Waals surface area (Å²) in [6.45, 7) is 13.4. The molecular formula is C43H43AuNO2PSi-2. The Balaban J connectivity index is 0.00000103. The molecule has 0 aliphatic rings. The molecule has 0 amide bonds. The second kappa shape index (κ2) is 16.8. The maximum atomic E-state index is 14.9. The number of ether oxygens (including phenoxy) is 1. The molecular weight excluding hydrogens is 819 g/mol. The molecule has 0 unspecified atom stereocenters. The number of hydrogen-bond acceptors (Lipinski definition) is 3. The third kappa shape index (κ3) is 9.28. The van der Waals surface area contributed by atoms with Crippen LogP contribution in [0.1, 0.15) is 26.3 Å². The zero-order valence-electron chi connectivity index (χ0n) is 29.2. The van der Waals surface area contributed by atoms with Crippen molar-refractivity contribution in [1.29, 1.82) is 0 Å². The van der Waals surface area contributed by atoms with Gasteiger partial charge in [0, 0.05) is 52.8 Å². The number of nitrogens with zero attached hydrogens (tertiary/aromatic N) is 1. The Kier molecular flexibility index (Phi) is 13.0. The summed E-state index contributed by atoms with van der Waals surface area (Å²) >= 11 is 0. The Morgan fingerprint density at radius 2 is 1.10 bits per heavy atom. The first kappa shape index (κ1) is 38.0. The summed E-state index contributed by atoms with van der Waals surface area (Å²) in [5, 5.41) is 2.43. The topological polar surface area (TPSA) is 39.2 Å². The molecule has 0 aliphatic carbocycles. The Morgan fingerprint density at radius 1 is 0.633 bits per heavy atom. The second-order valence-corrected chi connectivity index (χ2v) is 19.1. The number of benzene rings is 5. The normalized spacial score (nSPS) is 11.3. The predicted molar refractivity (Wildman–Crippen MR) is 206 cm³/mol. The summed E-state index contributed by atoms with van der Waals surface area (Å²) in [6.07, 6.45) is 0. The quantitative estimate of drug-likeness (QED) is 0.0912. The SMILES string of the molecule is COc1c[c-]c(-c2cc(-c3ccc(P(=O)(c4ccccc4)c4ccccc4)cc3)cc(-c3[c-]cc(C(C)(C)C)cc3)n2)cc1.C[Si](C)C.[Au]. The van der Waals surface area contributed by atoms with Crippen molar-refractivity contribution in [1.82, 2.24) is 4.98 Å². The van der Waals surface area contributed by atoms with Crippen molar-refractivity contribution in [3.8, 4) is 39.4 Å². The zero-order valence-corrected chi connectivity index (χ0v) is 33.3. The van der Waals surface area contributed by atoms with E-state index >= 15 is 0 Å². The minimum Gasteiger partial charge on any atom is -0.540 e. The number of methoxy groups -OCH3 is 1. The molecule has 0 aliphatic heterocycles. The van der Waals surface area contributed by atoms with E-state index in [1.165, 1.54) is 5.56 Å². The van der Waals surface area contributed by atoms with Gasteiger partial charge in [-0.3, -0.25) is 0 Å². The van der Waals surface area contributed by atoms with Gasteiger partial charge in [0.15, 0.2) is 7.14 Å². The maximum Gasteiger partial charge on any atom is 0.171 e. The van der Waals surface area contributed by atoms with Crippen LogP contribution in [0, 0.1) is 12.1 Å². The van der Waals surface area contributed by atoms with E-state index in [-0.39, 0.29) is 36.6 Å². The number of pyridine rings is 1. The Labute approximate surface area is 310 Å². The average molecular weight is 862 g/mol. The molecule has 0 fully saturated rings. The van der Waals surface area contributed by atoms with Crippen LogP contribution in [0.2, 0.25) is 19.6 Å². The van der Waals surface area contributed by atoms with Crippen molar-refractivity contribution in [3.05, 3.63) is 151 Å². The first-order valence-corrected chi connectivity index (χ1v) is 20.9. The van der Waals surface area contributed by atoms with Gasteiger partial charge in [-0.2, -0.15) is 0 Å². The number of aromatic nitrogens is 1. The van der Waals surface area contributed by atoms with Gasteiger partial charge in [0.1, 0.15) is 0 Å². The molecule has 0 saturated heterocycles. The van der Waals surface area contributed by atoms with Crippen LogP contribution in [-0.2, 0) is 32.4 Å². The smallest absolute Gasteiger partial charge is 0.171 e. The molecule has 0 spiro atoms. The van der Waals surface area contributed by atoms with Gasteiger partial charge in [0.25, 0.3) is 0 Å². The second-order valence-electron chi connectivity index (χ2n) is 13.3. The maximum absolute atomic E-state index is 14.9. The van der Waals surface area contributed by atoms with Gasteiger partial charge in [-0.1, -0.05) is 137 Å². The van der Waals surface area contributed by atoms with Crippen LogP contribution in [0.4, 0.5) is 0 Å². The average Bonchev–Trinajstić information content (AvgIpc) is 3.11. The minimum atomic E-state index is -3.06. The monoisotopic (exact) mass is 861 g/mol. The first-order chi connectivity index (χ1) is 23.0. The Hall–Kier alpha value is -3.76. The molecule has 6 aromatic rings. The molecule has 0 bridgehead atoms. The van der Waals surface area contributed by atoms with Crippen molar-refractivity contribution in [2.24, 2.45) is 0 Å². The molecule has 0 N–H and O–H groups in total. The molecule has 3 nitrogen and oxygen atoms in total. The van der Waals surface area contributed by atoms with Gasteiger partial charge in [0.2, 0.25) is 0 Å². The van der Waals surface area contributed by atoms with E-state index in [4.69, 9.17) is 9.72 Å². The van der Waals surface area contributed by atoms with Crippen molar-refractivity contribution in [2.75, 3.05) is 7.11 Å². The van der Waals surface area contributed by atoms with E-state index in [9.17, 15) is 4.57 Å². The predicted octanol–water partition coefficient (Wildman–Crippen LogP) is 10.00. The van der Waals surface area contributed by atoms with Crippen LogP contribution in [0.5, 0.6) is 5.75 Å². The molecule has 5 aromatic carbocycles. The molecule has 2 radical (unpaired) electrons. The molecule has 0 atom stereocenters. The number of hydrogen-bond donors (Lipinski definition) is 0. The first-order valence-electron chi connectivity index (χ1n) is 16.2. The Bertz CT molecular complexity index is 1930. The van der Waals surface area contributed by atoms with Gasteiger partial charge < -0.3 is 14.3 Å². The summed E-state index contributed by atoms with van der Waals surface area (Å²) < 4.78 is 20.2. The molecule has 1 aromatic heterocycles. The Morgan fingerprint density at radius 3 is 1.51 bits per heavy atom. The van der Waals surface area contributed by atoms with E-state index < -0.39 is 7.14 Å². The van der Waals surface area contributed by atoms with Crippen LogP contribution in [-0.4, -0.2) is 20.9 Å². The van der Waals surface area contributed by atoms with Crippen LogP contribution >= 0.6 is 7.14 Å². The fraction of sp³-hybridized carbons (Fsp3) is 0.186. The standard InChI is InChI=1S/C40H34NO2P.C3H9Si.Au/c1-40(2,3)33-21-15-30(16-22-33)38-27-32(28-39(41-38)31-17-23-34(43-4)24-18-31)29-19-25-37(26-20-29)44(42,35-11-7-5-8-12-35)36-13-9-6-10-14-36;1-4(2)3;/h5-15,17,19-28H,1-4H3;1-3H3;/q-2;;. The third-order valence-electron chi connectivity index (χ3n) is 7.88. The van der Waals surface area contributed by atoms with Gasteiger partial charge in [-0.25, -0.2) is 0 Å². The summed E-state index contributed by atoms with van der Waals surface area (Å²) in [5.74, 6) is 0.744. The fourth-order valence-electron chi connectivity index (χ4n) is 5.31. The van der Waals surface area contributed by atoms with Crippen molar-refractivity contribution in [3.63, 3.8) is 0 Å². The van der Waals surface area contributed by atoms with Gasteiger partial charge in [0.05, 0.1) is 7.11 Å². The summed E-state index contributed by atoms with van der Waals surface area (Å²) in [4.78, 5) is 5.04. The molecule has 0 saturated carbocycles. The van der Waals surface area contributed by atoms with Crippen LogP contribution < -0.4 is 20.7 Å². The molecule has 6 heteroatoms. The number of rotatable bonds is 7. The van der Waals surface area contributed by atoms with Crippen LogP contribution in [0.3, 0.4) is 0 Å². The molecule has 1 heterocycles. The minimum absolute atomic E-state index is 0. The van der Waals surface area contributed by atoms with Gasteiger partial charge >= 0.3 is 0 Å². The van der Waals surface area contributed by atoms with E-state index in [2.05, 4.69) is 95.0 Å². The zero-order chi connectivity index (χ0) is 34.3. The molecule has 49 heavy (non-hydrogen) atoms. The largest absolute Gasteiger partial charge is 0.540 e. The third-order valence-corrected chi connectivity index (χ3v) is 11.0. The van der Waals surface area contributed by atoms with Crippen molar-refractivity contribution >= 4 is 31.9 Å². The van der Waals surface area contributed by atoms with E-state index in [1.807, 2.05) is 91.0 Å². The van der Waals surface area contributed by atoms with Crippen molar-refractivity contribution < 1.29 is 31.7 Å². The summed E-state index contributed by atoms with van der Waals surface area (Å²) in [7, 11) is -1.29. The molecule has 254 valence electrons. The van der Waals surface area contributed by atoms with E-state index in [0.717, 1.165) is 55.3 Å². The van der Waals surface area contributed by atoms with Crippen LogP contribution in [0.15, 0.2) is 133 Å². The fourth-order valence-corrected chi connectivity index (χ4v) is 7.95.